The van der Waals surface area contributed by atoms with Crippen molar-refractivity contribution in [2.45, 2.75) is 6.42 Å². The van der Waals surface area contributed by atoms with Crippen molar-refractivity contribution in [3.8, 4) is 23.0 Å². The molecule has 2 N–H and O–H groups in total. The molecule has 0 atom stereocenters. The molecule has 0 spiro atoms. The number of carbonyl (C=O) groups excluding carboxylic acids is 1. The van der Waals surface area contributed by atoms with E-state index in [-0.39, 0.29) is 17.9 Å². The molecule has 0 saturated carbocycles. The van der Waals surface area contributed by atoms with Crippen molar-refractivity contribution >= 4 is 5.78 Å². The van der Waals surface area contributed by atoms with Gasteiger partial charge in [0.05, 0.1) is 7.11 Å². The highest BCUT2D eigenvalue weighted by atomic mass is 16.5. The van der Waals surface area contributed by atoms with Gasteiger partial charge in [0.1, 0.15) is 11.4 Å². The maximum Gasteiger partial charge on any atom is 0.294 e. The van der Waals surface area contributed by atoms with E-state index in [1.165, 1.54) is 0 Å². The van der Waals surface area contributed by atoms with E-state index in [2.05, 4.69) is 15.0 Å². The molecule has 0 bridgehead atoms. The Kier molecular flexibility index (Phi) is 4.56. The number of aromatic nitrogens is 3. The molecule has 0 unspecified atom stereocenters. The molecular weight excluding hydrogens is 322 g/mol. The minimum atomic E-state index is -0.784. The Bertz CT molecular complexity index is 950. The Morgan fingerprint density at radius 3 is 2.60 bits per heavy atom. The lowest BCUT2D eigenvalue weighted by molar-refractivity contribution is 0.0985. The fourth-order valence-corrected chi connectivity index (χ4v) is 2.30. The third kappa shape index (κ3) is 3.55. The maximum absolute atomic E-state index is 12.5. The molecule has 2 aromatic heterocycles. The van der Waals surface area contributed by atoms with Gasteiger partial charge in [-0.25, -0.2) is 4.98 Å². The van der Waals surface area contributed by atoms with E-state index in [4.69, 9.17) is 4.74 Å². The van der Waals surface area contributed by atoms with Crippen LogP contribution in [-0.2, 0) is 6.42 Å². The molecule has 0 aliphatic heterocycles. The van der Waals surface area contributed by atoms with E-state index in [9.17, 15) is 14.7 Å². The highest BCUT2D eigenvalue weighted by Gasteiger charge is 2.19. The predicted molar refractivity (Wildman–Crippen MR) is 90.8 cm³/mol. The molecule has 0 amide bonds. The first-order chi connectivity index (χ1) is 12.1. The number of ketones is 1. The van der Waals surface area contributed by atoms with Gasteiger partial charge in [-0.05, 0) is 29.8 Å². The minimum absolute atomic E-state index is 0.00430. The van der Waals surface area contributed by atoms with Crippen molar-refractivity contribution in [2.75, 3.05) is 7.11 Å². The van der Waals surface area contributed by atoms with Crippen molar-refractivity contribution in [3.63, 3.8) is 0 Å². The fraction of sp³-hybridized carbons (Fsp3) is 0.111. The van der Waals surface area contributed by atoms with Crippen molar-refractivity contribution < 1.29 is 14.6 Å². The Morgan fingerprint density at radius 1 is 1.20 bits per heavy atom. The van der Waals surface area contributed by atoms with Crippen LogP contribution in [0.3, 0.4) is 0 Å². The Hall–Kier alpha value is -3.48. The zero-order chi connectivity index (χ0) is 17.8. The van der Waals surface area contributed by atoms with E-state index in [1.807, 2.05) is 0 Å². The second kappa shape index (κ2) is 6.96. The lowest BCUT2D eigenvalue weighted by Crippen LogP contribution is -2.17. The van der Waals surface area contributed by atoms with Gasteiger partial charge in [-0.15, -0.1) is 0 Å². The van der Waals surface area contributed by atoms with Crippen molar-refractivity contribution in [1.29, 1.82) is 0 Å². The largest absolute Gasteiger partial charge is 0.501 e. The van der Waals surface area contributed by atoms with Crippen LogP contribution in [0.25, 0.3) is 11.5 Å². The van der Waals surface area contributed by atoms with E-state index in [0.717, 1.165) is 0 Å². The molecule has 0 saturated heterocycles. The lowest BCUT2D eigenvalue weighted by atomic mass is 10.1. The second-order valence-corrected chi connectivity index (χ2v) is 5.27. The van der Waals surface area contributed by atoms with Crippen LogP contribution in [0.4, 0.5) is 0 Å². The van der Waals surface area contributed by atoms with Crippen LogP contribution in [0, 0.1) is 0 Å². The Balaban J connectivity index is 1.93. The van der Waals surface area contributed by atoms with E-state index < -0.39 is 17.1 Å². The summed E-state index contributed by atoms with van der Waals surface area (Å²) in [5, 5.41) is 9.93. The number of aromatic amines is 1. The average molecular weight is 337 g/mol. The summed E-state index contributed by atoms with van der Waals surface area (Å²) in [6.45, 7) is 0. The van der Waals surface area contributed by atoms with Crippen LogP contribution < -0.4 is 10.3 Å². The first-order valence-corrected chi connectivity index (χ1v) is 7.49. The summed E-state index contributed by atoms with van der Waals surface area (Å²) in [6.07, 6.45) is 1.54. The lowest BCUT2D eigenvalue weighted by Gasteiger charge is -2.06. The summed E-state index contributed by atoms with van der Waals surface area (Å²) in [4.78, 5) is 35.0. The Morgan fingerprint density at radius 2 is 1.96 bits per heavy atom. The molecule has 7 heteroatoms. The van der Waals surface area contributed by atoms with Crippen LogP contribution in [0.1, 0.15) is 16.1 Å². The number of Topliss-reactive ketones (excluding diaryl/α,β-unsaturated/α-hetero) is 1. The molecule has 0 aliphatic rings. The standard InChI is InChI=1S/C18H15N3O4/c1-25-12-7-5-11(6-8-12)10-14(22)15-16(23)18(24)21-17(20-15)13-4-2-3-9-19-13/h2-9,23H,10H2,1H3,(H,20,21,24). The van der Waals surface area contributed by atoms with Gasteiger partial charge in [-0.1, -0.05) is 18.2 Å². The summed E-state index contributed by atoms with van der Waals surface area (Å²) in [7, 11) is 1.55. The van der Waals surface area contributed by atoms with E-state index in [0.29, 0.717) is 17.0 Å². The molecule has 2 heterocycles. The van der Waals surface area contributed by atoms with Gasteiger partial charge in [0.25, 0.3) is 5.56 Å². The summed E-state index contributed by atoms with van der Waals surface area (Å²) >= 11 is 0. The quantitative estimate of drug-likeness (QED) is 0.690. The van der Waals surface area contributed by atoms with Crippen LogP contribution in [0.5, 0.6) is 11.5 Å². The number of nitrogens with zero attached hydrogens (tertiary/aromatic N) is 2. The topological polar surface area (TPSA) is 105 Å². The first-order valence-electron chi connectivity index (χ1n) is 7.49. The zero-order valence-corrected chi connectivity index (χ0v) is 13.4. The van der Waals surface area contributed by atoms with E-state index in [1.54, 1.807) is 55.8 Å². The number of ether oxygens (including phenoxy) is 1. The van der Waals surface area contributed by atoms with Gasteiger partial charge < -0.3 is 14.8 Å². The number of aromatic hydroxyl groups is 1. The number of hydrogen-bond donors (Lipinski definition) is 2. The summed E-state index contributed by atoms with van der Waals surface area (Å²) in [6, 6.07) is 12.0. The molecule has 0 fully saturated rings. The van der Waals surface area contributed by atoms with Crippen LogP contribution >= 0.6 is 0 Å². The highest BCUT2D eigenvalue weighted by Crippen LogP contribution is 2.18. The second-order valence-electron chi connectivity index (χ2n) is 5.27. The maximum atomic E-state index is 12.5. The number of hydrogen-bond acceptors (Lipinski definition) is 6. The monoisotopic (exact) mass is 337 g/mol. The van der Waals surface area contributed by atoms with Crippen molar-refractivity contribution in [2.24, 2.45) is 0 Å². The van der Waals surface area contributed by atoms with E-state index >= 15 is 0 Å². The number of rotatable bonds is 5. The summed E-state index contributed by atoms with van der Waals surface area (Å²) in [5.41, 5.74) is 0.0544. The minimum Gasteiger partial charge on any atom is -0.501 e. The molecule has 7 nitrogen and oxygen atoms in total. The Labute approximate surface area is 143 Å². The first kappa shape index (κ1) is 16.4. The van der Waals surface area contributed by atoms with Crippen molar-refractivity contribution in [3.05, 3.63) is 70.3 Å². The highest BCUT2D eigenvalue weighted by molar-refractivity contribution is 5.98. The number of benzene rings is 1. The van der Waals surface area contributed by atoms with Gasteiger partial charge in [0, 0.05) is 12.6 Å². The number of carbonyl (C=O) groups is 1. The molecule has 3 aromatic rings. The van der Waals surface area contributed by atoms with Crippen molar-refractivity contribution in [1.82, 2.24) is 15.0 Å². The predicted octanol–water partition coefficient (Wildman–Crippen LogP) is 1.97. The van der Waals surface area contributed by atoms with Crippen LogP contribution in [-0.4, -0.2) is 33.0 Å². The van der Waals surface area contributed by atoms with Gasteiger partial charge in [-0.2, -0.15) is 0 Å². The number of methoxy groups -OCH3 is 1. The van der Waals surface area contributed by atoms with Gasteiger partial charge in [0.15, 0.2) is 17.3 Å². The summed E-state index contributed by atoms with van der Waals surface area (Å²) in [5.74, 6) is -0.364. The van der Waals surface area contributed by atoms with Gasteiger partial charge in [-0.3, -0.25) is 14.6 Å². The smallest absolute Gasteiger partial charge is 0.294 e. The zero-order valence-electron chi connectivity index (χ0n) is 13.4. The normalized spacial score (nSPS) is 10.4. The molecule has 0 aliphatic carbocycles. The average Bonchev–Trinajstić information content (AvgIpc) is 2.65. The molecule has 3 rings (SSSR count). The number of pyridine rings is 1. The number of H-pyrrole nitrogens is 1. The molecular formula is C18H15N3O4. The van der Waals surface area contributed by atoms with Crippen LogP contribution in [0.2, 0.25) is 0 Å². The molecule has 126 valence electrons. The van der Waals surface area contributed by atoms with Gasteiger partial charge in [0.2, 0.25) is 5.75 Å². The fourth-order valence-electron chi connectivity index (χ4n) is 2.30. The van der Waals surface area contributed by atoms with Crippen LogP contribution in [0.15, 0.2) is 53.5 Å². The third-order valence-corrected chi connectivity index (χ3v) is 3.59. The van der Waals surface area contributed by atoms with Gasteiger partial charge >= 0.3 is 0 Å². The SMILES string of the molecule is COc1ccc(CC(=O)c2nc(-c3ccccn3)[nH]c(=O)c2O)cc1. The third-order valence-electron chi connectivity index (χ3n) is 3.59. The number of nitrogens with one attached hydrogen (secondary N) is 1. The molecule has 1 aromatic carbocycles. The molecule has 0 radical (unpaired) electrons. The molecule has 25 heavy (non-hydrogen) atoms. The summed E-state index contributed by atoms with van der Waals surface area (Å²) < 4.78 is 5.07.